The lowest BCUT2D eigenvalue weighted by molar-refractivity contribution is -0.158. The number of hydrogen-bond acceptors (Lipinski definition) is 3. The lowest BCUT2D eigenvalue weighted by Crippen LogP contribution is -2.29. The Morgan fingerprint density at radius 2 is 1.10 bits per heavy atom. The first-order chi connectivity index (χ1) is 14.6. The number of carboxylic acids is 1. The minimum Gasteiger partial charge on any atom is -0.481 e. The van der Waals surface area contributed by atoms with Gasteiger partial charge in [-0.15, -0.1) is 0 Å². The van der Waals surface area contributed by atoms with Crippen LogP contribution in [0.4, 0.5) is 0 Å². The van der Waals surface area contributed by atoms with Crippen LogP contribution in [0.5, 0.6) is 0 Å². The predicted molar refractivity (Wildman–Crippen MR) is 124 cm³/mol. The van der Waals surface area contributed by atoms with E-state index in [9.17, 15) is 9.59 Å². The molecule has 0 aromatic carbocycles. The maximum Gasteiger partial charge on any atom is 0.309 e. The van der Waals surface area contributed by atoms with Gasteiger partial charge in [-0.25, -0.2) is 0 Å². The molecule has 0 radical (unpaired) electrons. The molecule has 0 aliphatic heterocycles. The number of carboxylic acid groups (broad SMARTS) is 1. The van der Waals surface area contributed by atoms with Crippen molar-refractivity contribution in [2.24, 2.45) is 11.8 Å². The quantitative estimate of drug-likeness (QED) is 0.181. The van der Waals surface area contributed by atoms with E-state index in [0.29, 0.717) is 25.7 Å². The van der Waals surface area contributed by atoms with E-state index < -0.39 is 5.97 Å². The van der Waals surface area contributed by atoms with Gasteiger partial charge in [0.1, 0.15) is 6.10 Å². The average molecular weight is 425 g/mol. The molecule has 1 rings (SSSR count). The highest BCUT2D eigenvalue weighted by Crippen LogP contribution is 2.30. The molecule has 1 aliphatic carbocycles. The molecule has 1 atom stereocenters. The van der Waals surface area contributed by atoms with Crippen molar-refractivity contribution in [3.8, 4) is 0 Å². The third-order valence-corrected chi connectivity index (χ3v) is 6.70. The summed E-state index contributed by atoms with van der Waals surface area (Å²) in [6.45, 7) is 4.48. The molecule has 1 aliphatic rings. The zero-order valence-electron chi connectivity index (χ0n) is 19.8. The summed E-state index contributed by atoms with van der Waals surface area (Å²) in [7, 11) is 0. The summed E-state index contributed by atoms with van der Waals surface area (Å²) in [5.41, 5.74) is 0. The van der Waals surface area contributed by atoms with Crippen molar-refractivity contribution in [3.63, 3.8) is 0 Å². The largest absolute Gasteiger partial charge is 0.481 e. The van der Waals surface area contributed by atoms with E-state index in [0.717, 1.165) is 25.7 Å². The highest BCUT2D eigenvalue weighted by atomic mass is 16.5. The van der Waals surface area contributed by atoms with Crippen molar-refractivity contribution in [2.75, 3.05) is 0 Å². The van der Waals surface area contributed by atoms with Crippen molar-refractivity contribution in [2.45, 2.75) is 142 Å². The first kappa shape index (κ1) is 27.0. The van der Waals surface area contributed by atoms with E-state index in [4.69, 9.17) is 9.84 Å². The molecule has 0 aromatic rings. The number of unbranched alkanes of at least 4 members (excludes halogenated alkanes) is 11. The Labute approximate surface area is 185 Å². The minimum absolute atomic E-state index is 0.0522. The zero-order valence-corrected chi connectivity index (χ0v) is 19.8. The highest BCUT2D eigenvalue weighted by Gasteiger charge is 2.31. The molecule has 0 spiro atoms. The molecule has 0 amide bonds. The van der Waals surface area contributed by atoms with E-state index >= 15 is 0 Å². The molecule has 1 fully saturated rings. The highest BCUT2D eigenvalue weighted by molar-refractivity contribution is 5.74. The number of carbonyl (C=O) groups excluding carboxylic acids is 1. The van der Waals surface area contributed by atoms with Gasteiger partial charge in [-0.3, -0.25) is 9.59 Å². The second-order valence-electron chi connectivity index (χ2n) is 9.41. The van der Waals surface area contributed by atoms with Gasteiger partial charge in [0.15, 0.2) is 0 Å². The van der Waals surface area contributed by atoms with Gasteiger partial charge >= 0.3 is 11.9 Å². The monoisotopic (exact) mass is 424 g/mol. The molecule has 4 nitrogen and oxygen atoms in total. The standard InChI is InChI=1S/C26H48O4/c1-3-5-7-9-10-11-13-15-17-24(16-14-12-8-6-4-2)30-26(29)23-20-18-22(19-21-23)25(27)28/h22-24H,3-21H2,1-2H3,(H,27,28). The Hall–Kier alpha value is -1.06. The van der Waals surface area contributed by atoms with E-state index in [1.165, 1.54) is 70.6 Å². The van der Waals surface area contributed by atoms with Gasteiger partial charge in [0, 0.05) is 0 Å². The summed E-state index contributed by atoms with van der Waals surface area (Å²) >= 11 is 0. The smallest absolute Gasteiger partial charge is 0.309 e. The van der Waals surface area contributed by atoms with Crippen LogP contribution in [0.25, 0.3) is 0 Å². The Bertz CT molecular complexity index is 440. The van der Waals surface area contributed by atoms with Crippen molar-refractivity contribution >= 4 is 11.9 Å². The lowest BCUT2D eigenvalue weighted by atomic mass is 9.82. The maximum absolute atomic E-state index is 12.7. The van der Waals surface area contributed by atoms with Gasteiger partial charge in [0.25, 0.3) is 0 Å². The van der Waals surface area contributed by atoms with Gasteiger partial charge in [0.2, 0.25) is 0 Å². The van der Waals surface area contributed by atoms with E-state index in [1.54, 1.807) is 0 Å². The van der Waals surface area contributed by atoms with Crippen molar-refractivity contribution in [3.05, 3.63) is 0 Å². The summed E-state index contributed by atoms with van der Waals surface area (Å²) in [5.74, 6) is -1.17. The van der Waals surface area contributed by atoms with E-state index in [2.05, 4.69) is 13.8 Å². The van der Waals surface area contributed by atoms with Crippen molar-refractivity contribution < 1.29 is 19.4 Å². The van der Waals surface area contributed by atoms with E-state index in [1.807, 2.05) is 0 Å². The Morgan fingerprint density at radius 1 is 0.700 bits per heavy atom. The summed E-state index contributed by atoms with van der Waals surface area (Å²) in [5, 5.41) is 9.15. The molecular formula is C26H48O4. The number of carbonyl (C=O) groups is 2. The molecule has 30 heavy (non-hydrogen) atoms. The molecule has 176 valence electrons. The van der Waals surface area contributed by atoms with Crippen LogP contribution in [-0.4, -0.2) is 23.1 Å². The number of ether oxygens (including phenoxy) is 1. The minimum atomic E-state index is -0.721. The van der Waals surface area contributed by atoms with Crippen LogP contribution in [0.1, 0.15) is 136 Å². The second-order valence-corrected chi connectivity index (χ2v) is 9.41. The summed E-state index contributed by atoms with van der Waals surface area (Å²) in [6, 6.07) is 0. The normalized spacial score (nSPS) is 20.1. The third-order valence-electron chi connectivity index (χ3n) is 6.70. The fraction of sp³-hybridized carbons (Fsp3) is 0.923. The Balaban J connectivity index is 2.33. The Kier molecular flexibility index (Phi) is 15.8. The summed E-state index contributed by atoms with van der Waals surface area (Å²) in [6.07, 6.45) is 21.1. The van der Waals surface area contributed by atoms with Gasteiger partial charge in [-0.2, -0.15) is 0 Å². The molecule has 0 heterocycles. The summed E-state index contributed by atoms with van der Waals surface area (Å²) in [4.78, 5) is 23.8. The molecule has 0 aromatic heterocycles. The first-order valence-electron chi connectivity index (χ1n) is 13.0. The fourth-order valence-electron chi connectivity index (χ4n) is 4.58. The van der Waals surface area contributed by atoms with Gasteiger partial charge < -0.3 is 9.84 Å². The van der Waals surface area contributed by atoms with Crippen LogP contribution in [0, 0.1) is 11.8 Å². The van der Waals surface area contributed by atoms with Crippen molar-refractivity contribution in [1.29, 1.82) is 0 Å². The number of hydrogen-bond donors (Lipinski definition) is 1. The maximum atomic E-state index is 12.7. The van der Waals surface area contributed by atoms with Gasteiger partial charge in [0.05, 0.1) is 11.8 Å². The van der Waals surface area contributed by atoms with Crippen LogP contribution < -0.4 is 0 Å². The van der Waals surface area contributed by atoms with Gasteiger partial charge in [-0.1, -0.05) is 84.5 Å². The molecule has 1 unspecified atom stereocenters. The number of esters is 1. The average Bonchev–Trinajstić information content (AvgIpc) is 2.75. The summed E-state index contributed by atoms with van der Waals surface area (Å²) < 4.78 is 5.97. The van der Waals surface area contributed by atoms with Crippen LogP contribution in [-0.2, 0) is 14.3 Å². The van der Waals surface area contributed by atoms with Crippen LogP contribution >= 0.6 is 0 Å². The first-order valence-corrected chi connectivity index (χ1v) is 13.0. The lowest BCUT2D eigenvalue weighted by Gasteiger charge is -2.27. The van der Waals surface area contributed by atoms with Gasteiger partial charge in [-0.05, 0) is 51.4 Å². The fourth-order valence-corrected chi connectivity index (χ4v) is 4.58. The van der Waals surface area contributed by atoms with E-state index in [-0.39, 0.29) is 23.9 Å². The number of rotatable bonds is 18. The molecule has 0 bridgehead atoms. The molecule has 1 N–H and O–H groups in total. The SMILES string of the molecule is CCCCCCCCCCC(CCCCCCC)OC(=O)C1CCC(C(=O)O)CC1. The Morgan fingerprint density at radius 3 is 1.53 bits per heavy atom. The number of aliphatic carboxylic acids is 1. The molecule has 4 heteroatoms. The van der Waals surface area contributed by atoms with Crippen LogP contribution in [0.15, 0.2) is 0 Å². The van der Waals surface area contributed by atoms with Crippen molar-refractivity contribution in [1.82, 2.24) is 0 Å². The second kappa shape index (κ2) is 17.6. The molecular weight excluding hydrogens is 376 g/mol. The predicted octanol–water partition coefficient (Wildman–Crippen LogP) is 7.68. The third kappa shape index (κ3) is 12.6. The van der Waals surface area contributed by atoms with Crippen LogP contribution in [0.2, 0.25) is 0 Å². The van der Waals surface area contributed by atoms with Crippen LogP contribution in [0.3, 0.4) is 0 Å². The topological polar surface area (TPSA) is 63.6 Å². The molecule has 0 saturated heterocycles. The zero-order chi connectivity index (χ0) is 22.0. The molecule has 1 saturated carbocycles.